The van der Waals surface area contributed by atoms with E-state index in [1.165, 1.54) is 10.4 Å². The lowest BCUT2D eigenvalue weighted by atomic mass is 10.2. The second-order valence-corrected chi connectivity index (χ2v) is 5.09. The summed E-state index contributed by atoms with van der Waals surface area (Å²) in [6.45, 7) is 4.79. The van der Waals surface area contributed by atoms with E-state index in [1.807, 2.05) is 19.1 Å². The molecule has 1 heterocycles. The van der Waals surface area contributed by atoms with Crippen molar-refractivity contribution in [2.75, 3.05) is 11.9 Å². The Labute approximate surface area is 106 Å². The molecule has 0 fully saturated rings. The Morgan fingerprint density at radius 1 is 1.29 bits per heavy atom. The van der Waals surface area contributed by atoms with Crippen LogP contribution in [0.4, 0.5) is 10.8 Å². The largest absolute Gasteiger partial charge is 0.331 e. The zero-order valence-electron chi connectivity index (χ0n) is 10.2. The predicted molar refractivity (Wildman–Crippen MR) is 74.1 cm³/mol. The summed E-state index contributed by atoms with van der Waals surface area (Å²) in [6.07, 6.45) is 0.902. The van der Waals surface area contributed by atoms with Gasteiger partial charge in [-0.1, -0.05) is 18.2 Å². The third-order valence-corrected chi connectivity index (χ3v) is 3.78. The molecule has 0 unspecified atom stereocenters. The van der Waals surface area contributed by atoms with E-state index in [9.17, 15) is 0 Å². The first-order valence-electron chi connectivity index (χ1n) is 5.69. The highest BCUT2D eigenvalue weighted by atomic mass is 32.1. The van der Waals surface area contributed by atoms with E-state index in [0.29, 0.717) is 6.54 Å². The van der Waals surface area contributed by atoms with Crippen LogP contribution in [-0.4, -0.2) is 11.5 Å². The van der Waals surface area contributed by atoms with Gasteiger partial charge in [-0.2, -0.15) is 0 Å². The number of rotatable bonds is 4. The van der Waals surface area contributed by atoms with Crippen LogP contribution in [-0.2, 0) is 6.42 Å². The predicted octanol–water partition coefficient (Wildman–Crippen LogP) is 3.00. The summed E-state index contributed by atoms with van der Waals surface area (Å²) in [4.78, 5) is 5.78. The summed E-state index contributed by atoms with van der Waals surface area (Å²) in [5, 5.41) is 4.30. The average Bonchev–Trinajstić information content (AvgIpc) is 2.63. The number of nitrogens with one attached hydrogen (secondary N) is 1. The van der Waals surface area contributed by atoms with E-state index in [1.54, 1.807) is 11.3 Å². The van der Waals surface area contributed by atoms with Gasteiger partial charge in [0.2, 0.25) is 0 Å². The number of hydrogen-bond donors (Lipinski definition) is 2. The Morgan fingerprint density at radius 3 is 2.76 bits per heavy atom. The van der Waals surface area contributed by atoms with Gasteiger partial charge in [-0.05, 0) is 38.4 Å². The summed E-state index contributed by atoms with van der Waals surface area (Å²) in [5.74, 6) is 0. The average molecular weight is 247 g/mol. The highest BCUT2D eigenvalue weighted by molar-refractivity contribution is 7.15. The minimum absolute atomic E-state index is 0.673. The van der Waals surface area contributed by atoms with Crippen LogP contribution in [0.3, 0.4) is 0 Å². The molecule has 2 rings (SSSR count). The maximum absolute atomic E-state index is 5.57. The van der Waals surface area contributed by atoms with Crippen LogP contribution < -0.4 is 11.1 Å². The maximum Gasteiger partial charge on any atom is 0.187 e. The van der Waals surface area contributed by atoms with Crippen LogP contribution in [0.15, 0.2) is 24.3 Å². The van der Waals surface area contributed by atoms with Gasteiger partial charge in [-0.3, -0.25) is 0 Å². The van der Waals surface area contributed by atoms with Gasteiger partial charge in [0.05, 0.1) is 5.69 Å². The molecule has 0 saturated heterocycles. The van der Waals surface area contributed by atoms with E-state index in [-0.39, 0.29) is 0 Å². The monoisotopic (exact) mass is 247 g/mol. The van der Waals surface area contributed by atoms with Crippen molar-refractivity contribution in [3.63, 3.8) is 0 Å². The molecular weight excluding hydrogens is 230 g/mol. The fourth-order valence-electron chi connectivity index (χ4n) is 1.67. The molecule has 0 radical (unpaired) electrons. The summed E-state index contributed by atoms with van der Waals surface area (Å²) in [7, 11) is 0. The number of benzene rings is 1. The first kappa shape index (κ1) is 12.1. The van der Waals surface area contributed by atoms with Crippen LogP contribution >= 0.6 is 11.3 Å². The van der Waals surface area contributed by atoms with Gasteiger partial charge in [-0.25, -0.2) is 4.98 Å². The van der Waals surface area contributed by atoms with E-state index < -0.39 is 0 Å². The first-order chi connectivity index (χ1) is 8.20. The minimum Gasteiger partial charge on any atom is -0.331 e. The lowest BCUT2D eigenvalue weighted by molar-refractivity contribution is 0.970. The molecule has 0 aliphatic heterocycles. The van der Waals surface area contributed by atoms with Gasteiger partial charge in [0.1, 0.15) is 0 Å². The van der Waals surface area contributed by atoms with Crippen molar-refractivity contribution in [3.8, 4) is 0 Å². The maximum atomic E-state index is 5.57. The SMILES string of the molecule is Cc1ccccc1Nc1nc(C)c(CCN)s1. The van der Waals surface area contributed by atoms with Crippen molar-refractivity contribution < 1.29 is 0 Å². The second-order valence-electron chi connectivity index (χ2n) is 4.01. The third kappa shape index (κ3) is 2.84. The van der Waals surface area contributed by atoms with Crippen molar-refractivity contribution in [1.82, 2.24) is 4.98 Å². The van der Waals surface area contributed by atoms with Gasteiger partial charge >= 0.3 is 0 Å². The standard InChI is InChI=1S/C13H17N3S/c1-9-5-3-4-6-11(9)16-13-15-10(2)12(17-13)7-8-14/h3-6H,7-8,14H2,1-2H3,(H,15,16). The number of nitrogens with two attached hydrogens (primary N) is 1. The van der Waals surface area contributed by atoms with Crippen molar-refractivity contribution in [3.05, 3.63) is 40.4 Å². The molecule has 3 nitrogen and oxygen atoms in total. The van der Waals surface area contributed by atoms with Crippen LogP contribution in [0.1, 0.15) is 16.1 Å². The topological polar surface area (TPSA) is 50.9 Å². The molecule has 17 heavy (non-hydrogen) atoms. The molecule has 0 aliphatic rings. The van der Waals surface area contributed by atoms with Crippen molar-refractivity contribution >= 4 is 22.2 Å². The molecule has 4 heteroatoms. The highest BCUT2D eigenvalue weighted by Crippen LogP contribution is 2.27. The Kier molecular flexibility index (Phi) is 3.76. The summed E-state index contributed by atoms with van der Waals surface area (Å²) >= 11 is 1.69. The Hall–Kier alpha value is -1.39. The highest BCUT2D eigenvalue weighted by Gasteiger charge is 2.07. The number of para-hydroxylation sites is 1. The molecule has 1 aromatic carbocycles. The summed E-state index contributed by atoms with van der Waals surface area (Å²) in [5.41, 5.74) is 8.99. The molecule has 2 aromatic rings. The lowest BCUT2D eigenvalue weighted by Gasteiger charge is -2.05. The number of aryl methyl sites for hydroxylation is 2. The van der Waals surface area contributed by atoms with Crippen molar-refractivity contribution in [2.24, 2.45) is 5.73 Å². The summed E-state index contributed by atoms with van der Waals surface area (Å²) < 4.78 is 0. The van der Waals surface area contributed by atoms with E-state index >= 15 is 0 Å². The number of nitrogens with zero attached hydrogens (tertiary/aromatic N) is 1. The molecule has 0 saturated carbocycles. The van der Waals surface area contributed by atoms with Gasteiger partial charge in [0.25, 0.3) is 0 Å². The molecule has 0 aliphatic carbocycles. The molecule has 3 N–H and O–H groups in total. The second kappa shape index (κ2) is 5.29. The number of thiazole rings is 1. The first-order valence-corrected chi connectivity index (χ1v) is 6.51. The van der Waals surface area contributed by atoms with Crippen LogP contribution in [0.2, 0.25) is 0 Å². The van der Waals surface area contributed by atoms with E-state index in [0.717, 1.165) is 22.9 Å². The zero-order chi connectivity index (χ0) is 12.3. The van der Waals surface area contributed by atoms with E-state index in [2.05, 4.69) is 29.4 Å². The van der Waals surface area contributed by atoms with Gasteiger partial charge in [-0.15, -0.1) is 11.3 Å². The summed E-state index contributed by atoms with van der Waals surface area (Å²) in [6, 6.07) is 8.21. The molecule has 90 valence electrons. The molecule has 0 amide bonds. The van der Waals surface area contributed by atoms with Gasteiger partial charge < -0.3 is 11.1 Å². The third-order valence-electron chi connectivity index (χ3n) is 2.65. The van der Waals surface area contributed by atoms with Crippen molar-refractivity contribution in [1.29, 1.82) is 0 Å². The Morgan fingerprint density at radius 2 is 2.06 bits per heavy atom. The van der Waals surface area contributed by atoms with Crippen LogP contribution in [0.5, 0.6) is 0 Å². The minimum atomic E-state index is 0.673. The Bertz CT molecular complexity index is 505. The fraction of sp³-hybridized carbons (Fsp3) is 0.308. The normalized spacial score (nSPS) is 10.5. The molecular formula is C13H17N3S. The van der Waals surface area contributed by atoms with E-state index in [4.69, 9.17) is 5.73 Å². The Balaban J connectivity index is 2.19. The molecule has 0 atom stereocenters. The zero-order valence-corrected chi connectivity index (χ0v) is 11.0. The fourth-order valence-corrected chi connectivity index (χ4v) is 2.66. The van der Waals surface area contributed by atoms with Crippen molar-refractivity contribution in [2.45, 2.75) is 20.3 Å². The van der Waals surface area contributed by atoms with Crippen LogP contribution in [0.25, 0.3) is 0 Å². The van der Waals surface area contributed by atoms with Gasteiger partial charge in [0, 0.05) is 10.6 Å². The quantitative estimate of drug-likeness (QED) is 0.873. The molecule has 1 aromatic heterocycles. The van der Waals surface area contributed by atoms with Gasteiger partial charge in [0.15, 0.2) is 5.13 Å². The number of hydrogen-bond acceptors (Lipinski definition) is 4. The molecule has 0 bridgehead atoms. The lowest BCUT2D eigenvalue weighted by Crippen LogP contribution is -2.01. The number of anilines is 2. The number of aromatic nitrogens is 1. The molecule has 0 spiro atoms. The van der Waals surface area contributed by atoms with Crippen LogP contribution in [0, 0.1) is 13.8 Å². The smallest absolute Gasteiger partial charge is 0.187 e.